The SMILES string of the molecule is O=C(NC1CCN(C(=O)c2cc(Oc3ccccc3)ccc2O)CC1)C1CC1. The molecule has 1 saturated carbocycles. The molecule has 146 valence electrons. The van der Waals surface area contributed by atoms with Gasteiger partial charge in [0.25, 0.3) is 5.91 Å². The highest BCUT2D eigenvalue weighted by Gasteiger charge is 2.32. The normalized spacial score (nSPS) is 17.2. The maximum atomic E-state index is 12.9. The number of nitrogens with zero attached hydrogens (tertiary/aromatic N) is 1. The Bertz CT molecular complexity index is 856. The minimum atomic E-state index is -0.219. The van der Waals surface area contributed by atoms with Gasteiger partial charge in [-0.25, -0.2) is 0 Å². The average Bonchev–Trinajstić information content (AvgIpc) is 3.56. The van der Waals surface area contributed by atoms with Gasteiger partial charge in [-0.2, -0.15) is 0 Å². The third-order valence-corrected chi connectivity index (χ3v) is 5.25. The van der Waals surface area contributed by atoms with Gasteiger partial charge in [-0.1, -0.05) is 18.2 Å². The van der Waals surface area contributed by atoms with Gasteiger partial charge in [0.1, 0.15) is 17.2 Å². The Morgan fingerprint density at radius 3 is 2.36 bits per heavy atom. The van der Waals surface area contributed by atoms with Crippen molar-refractivity contribution < 1.29 is 19.4 Å². The van der Waals surface area contributed by atoms with E-state index in [1.165, 1.54) is 6.07 Å². The van der Waals surface area contributed by atoms with E-state index in [9.17, 15) is 14.7 Å². The Morgan fingerprint density at radius 2 is 1.68 bits per heavy atom. The van der Waals surface area contributed by atoms with Crippen LogP contribution in [0, 0.1) is 5.92 Å². The molecule has 0 radical (unpaired) electrons. The summed E-state index contributed by atoms with van der Waals surface area (Å²) in [6, 6.07) is 14.1. The number of amides is 2. The van der Waals surface area contributed by atoms with Gasteiger partial charge in [0.05, 0.1) is 5.56 Å². The fourth-order valence-electron chi connectivity index (χ4n) is 3.44. The lowest BCUT2D eigenvalue weighted by molar-refractivity contribution is -0.123. The molecule has 2 amide bonds. The van der Waals surface area contributed by atoms with Gasteiger partial charge in [-0.3, -0.25) is 9.59 Å². The summed E-state index contributed by atoms with van der Waals surface area (Å²) in [5.74, 6) is 1.23. The second kappa shape index (κ2) is 7.92. The van der Waals surface area contributed by atoms with Crippen molar-refractivity contribution in [1.29, 1.82) is 0 Å². The highest BCUT2D eigenvalue weighted by atomic mass is 16.5. The quantitative estimate of drug-likeness (QED) is 0.834. The van der Waals surface area contributed by atoms with Crippen molar-refractivity contribution in [1.82, 2.24) is 10.2 Å². The zero-order valence-electron chi connectivity index (χ0n) is 15.6. The molecule has 1 saturated heterocycles. The molecule has 4 rings (SSSR count). The minimum Gasteiger partial charge on any atom is -0.507 e. The van der Waals surface area contributed by atoms with Gasteiger partial charge < -0.3 is 20.1 Å². The number of benzene rings is 2. The summed E-state index contributed by atoms with van der Waals surface area (Å²) in [6.45, 7) is 1.11. The molecule has 2 aromatic carbocycles. The Hall–Kier alpha value is -3.02. The van der Waals surface area contributed by atoms with E-state index < -0.39 is 0 Å². The first kappa shape index (κ1) is 18.3. The summed E-state index contributed by atoms with van der Waals surface area (Å²) in [5.41, 5.74) is 0.230. The summed E-state index contributed by atoms with van der Waals surface area (Å²) in [6.07, 6.45) is 3.43. The summed E-state index contributed by atoms with van der Waals surface area (Å²) in [4.78, 5) is 26.5. The lowest BCUT2D eigenvalue weighted by Gasteiger charge is -2.32. The largest absolute Gasteiger partial charge is 0.507 e. The molecule has 0 aromatic heterocycles. The van der Waals surface area contributed by atoms with Crippen molar-refractivity contribution >= 4 is 11.8 Å². The highest BCUT2D eigenvalue weighted by molar-refractivity contribution is 5.97. The van der Waals surface area contributed by atoms with Gasteiger partial charge >= 0.3 is 0 Å². The molecule has 0 spiro atoms. The predicted octanol–water partition coefficient (Wildman–Crippen LogP) is 3.32. The van der Waals surface area contributed by atoms with E-state index in [1.807, 2.05) is 30.3 Å². The number of hydrogen-bond donors (Lipinski definition) is 2. The van der Waals surface area contributed by atoms with Crippen LogP contribution in [0.2, 0.25) is 0 Å². The van der Waals surface area contributed by atoms with E-state index in [-0.39, 0.29) is 35.1 Å². The smallest absolute Gasteiger partial charge is 0.257 e. The van der Waals surface area contributed by atoms with Crippen LogP contribution in [0.15, 0.2) is 48.5 Å². The van der Waals surface area contributed by atoms with Gasteiger partial charge in [0.15, 0.2) is 0 Å². The number of rotatable bonds is 5. The minimum absolute atomic E-state index is 0.0606. The molecule has 28 heavy (non-hydrogen) atoms. The zero-order chi connectivity index (χ0) is 19.5. The number of aromatic hydroxyl groups is 1. The van der Waals surface area contributed by atoms with E-state index in [1.54, 1.807) is 17.0 Å². The molecule has 2 fully saturated rings. The number of carbonyl (C=O) groups excluding carboxylic acids is 2. The van der Waals surface area contributed by atoms with Gasteiger partial charge in [-0.15, -0.1) is 0 Å². The first-order chi connectivity index (χ1) is 13.6. The highest BCUT2D eigenvalue weighted by Crippen LogP contribution is 2.30. The van der Waals surface area contributed by atoms with Crippen LogP contribution in [-0.2, 0) is 4.79 Å². The molecular weight excluding hydrogens is 356 g/mol. The molecule has 2 N–H and O–H groups in total. The summed E-state index contributed by atoms with van der Waals surface area (Å²) in [7, 11) is 0. The topological polar surface area (TPSA) is 78.9 Å². The molecule has 2 aliphatic rings. The number of phenols is 1. The molecule has 2 aromatic rings. The third kappa shape index (κ3) is 4.27. The average molecular weight is 380 g/mol. The second-order valence-electron chi connectivity index (χ2n) is 7.44. The maximum absolute atomic E-state index is 12.9. The lowest BCUT2D eigenvalue weighted by atomic mass is 10.0. The molecular formula is C22H24N2O4. The fourth-order valence-corrected chi connectivity index (χ4v) is 3.44. The molecule has 0 unspecified atom stereocenters. The Morgan fingerprint density at radius 1 is 0.964 bits per heavy atom. The standard InChI is InChI=1S/C22H24N2O4/c25-20-9-8-18(28-17-4-2-1-3-5-17)14-19(20)22(27)24-12-10-16(11-13-24)23-21(26)15-6-7-15/h1-5,8-9,14-16,25H,6-7,10-13H2,(H,23,26). The van der Waals surface area contributed by atoms with E-state index in [0.29, 0.717) is 24.6 Å². The van der Waals surface area contributed by atoms with Crippen LogP contribution in [0.5, 0.6) is 17.2 Å². The Kier molecular flexibility index (Phi) is 5.19. The van der Waals surface area contributed by atoms with Gasteiger partial charge in [0.2, 0.25) is 5.91 Å². The molecule has 1 heterocycles. The van der Waals surface area contributed by atoms with Gasteiger partial charge in [0, 0.05) is 25.0 Å². The number of phenolic OH excluding ortho intramolecular Hbond substituents is 1. The number of para-hydroxylation sites is 1. The van der Waals surface area contributed by atoms with Crippen molar-refractivity contribution in [3.05, 3.63) is 54.1 Å². The molecule has 6 heteroatoms. The summed E-state index contributed by atoms with van der Waals surface area (Å²) >= 11 is 0. The van der Waals surface area contributed by atoms with Crippen LogP contribution in [0.1, 0.15) is 36.0 Å². The molecule has 1 aliphatic heterocycles. The third-order valence-electron chi connectivity index (χ3n) is 5.25. The van der Waals surface area contributed by atoms with Crippen molar-refractivity contribution in [2.45, 2.75) is 31.7 Å². The van der Waals surface area contributed by atoms with E-state index in [2.05, 4.69) is 5.32 Å². The lowest BCUT2D eigenvalue weighted by Crippen LogP contribution is -2.46. The summed E-state index contributed by atoms with van der Waals surface area (Å²) in [5, 5.41) is 13.3. The zero-order valence-corrected chi connectivity index (χ0v) is 15.6. The molecule has 6 nitrogen and oxygen atoms in total. The van der Waals surface area contributed by atoms with E-state index in [4.69, 9.17) is 4.74 Å². The summed E-state index contributed by atoms with van der Waals surface area (Å²) < 4.78 is 5.77. The Labute approximate surface area is 164 Å². The van der Waals surface area contributed by atoms with Crippen molar-refractivity contribution in [2.24, 2.45) is 5.92 Å². The number of ether oxygens (including phenoxy) is 1. The van der Waals surface area contributed by atoms with Crippen LogP contribution in [0.25, 0.3) is 0 Å². The predicted molar refractivity (Wildman–Crippen MR) is 104 cm³/mol. The van der Waals surface area contributed by atoms with Crippen LogP contribution < -0.4 is 10.1 Å². The van der Waals surface area contributed by atoms with Crippen molar-refractivity contribution in [3.8, 4) is 17.2 Å². The first-order valence-electron chi connectivity index (χ1n) is 9.76. The number of nitrogens with one attached hydrogen (secondary N) is 1. The monoisotopic (exact) mass is 380 g/mol. The molecule has 1 aliphatic carbocycles. The fraction of sp³-hybridized carbons (Fsp3) is 0.364. The van der Waals surface area contributed by atoms with Crippen molar-refractivity contribution in [2.75, 3.05) is 13.1 Å². The number of carbonyl (C=O) groups is 2. The molecule has 0 atom stereocenters. The van der Waals surface area contributed by atoms with Crippen LogP contribution in [-0.4, -0.2) is 41.0 Å². The number of piperidine rings is 1. The van der Waals surface area contributed by atoms with Crippen LogP contribution >= 0.6 is 0 Å². The van der Waals surface area contributed by atoms with Crippen LogP contribution in [0.3, 0.4) is 0 Å². The number of hydrogen-bond acceptors (Lipinski definition) is 4. The molecule has 0 bridgehead atoms. The van der Waals surface area contributed by atoms with Crippen molar-refractivity contribution in [3.63, 3.8) is 0 Å². The van der Waals surface area contributed by atoms with Crippen LogP contribution in [0.4, 0.5) is 0 Å². The van der Waals surface area contributed by atoms with Gasteiger partial charge in [-0.05, 0) is 56.0 Å². The maximum Gasteiger partial charge on any atom is 0.257 e. The van der Waals surface area contributed by atoms with E-state index in [0.717, 1.165) is 25.7 Å². The first-order valence-corrected chi connectivity index (χ1v) is 9.76. The number of likely N-dealkylation sites (tertiary alicyclic amines) is 1. The van der Waals surface area contributed by atoms with E-state index >= 15 is 0 Å². The second-order valence-corrected chi connectivity index (χ2v) is 7.44. The Balaban J connectivity index is 1.39.